The van der Waals surface area contributed by atoms with Crippen LogP contribution in [-0.2, 0) is 4.79 Å². The highest BCUT2D eigenvalue weighted by Gasteiger charge is 2.08. The van der Waals surface area contributed by atoms with Crippen LogP contribution < -0.4 is 10.6 Å². The Morgan fingerprint density at radius 1 is 1.39 bits per heavy atom. The highest BCUT2D eigenvalue weighted by atomic mass is 32.1. The maximum atomic E-state index is 11.5. The Morgan fingerprint density at radius 3 is 2.67 bits per heavy atom. The van der Waals surface area contributed by atoms with Crippen LogP contribution in [0.4, 0.5) is 5.13 Å². The standard InChI is InChI=1S/C12H22N4OS/c1-5-9(4)14-10(17)6-7-13-12-15-11(8(2)3)16-18-12/h8-9H,5-7H2,1-4H3,(H,14,17)(H,13,15,16). The van der Waals surface area contributed by atoms with E-state index in [0.717, 1.165) is 17.4 Å². The Morgan fingerprint density at radius 2 is 2.11 bits per heavy atom. The summed E-state index contributed by atoms with van der Waals surface area (Å²) in [6.45, 7) is 8.77. The van der Waals surface area contributed by atoms with E-state index in [-0.39, 0.29) is 11.9 Å². The van der Waals surface area contributed by atoms with Crippen molar-refractivity contribution < 1.29 is 4.79 Å². The predicted octanol–water partition coefficient (Wildman–Crippen LogP) is 2.38. The van der Waals surface area contributed by atoms with E-state index < -0.39 is 0 Å². The number of anilines is 1. The van der Waals surface area contributed by atoms with Crippen molar-refractivity contribution in [3.05, 3.63) is 5.82 Å². The largest absolute Gasteiger partial charge is 0.360 e. The van der Waals surface area contributed by atoms with Gasteiger partial charge in [0, 0.05) is 36.5 Å². The summed E-state index contributed by atoms with van der Waals surface area (Å²) in [6.07, 6.45) is 1.41. The molecule has 0 aliphatic heterocycles. The summed E-state index contributed by atoms with van der Waals surface area (Å²) >= 11 is 1.34. The molecule has 1 aromatic heterocycles. The summed E-state index contributed by atoms with van der Waals surface area (Å²) in [4.78, 5) is 15.9. The van der Waals surface area contributed by atoms with Crippen LogP contribution in [0.15, 0.2) is 0 Å². The van der Waals surface area contributed by atoms with Gasteiger partial charge in [-0.25, -0.2) is 4.98 Å². The zero-order valence-electron chi connectivity index (χ0n) is 11.5. The van der Waals surface area contributed by atoms with Crippen LogP contribution in [0.3, 0.4) is 0 Å². The second-order valence-electron chi connectivity index (χ2n) is 4.67. The van der Waals surface area contributed by atoms with Crippen LogP contribution in [0.25, 0.3) is 0 Å². The highest BCUT2D eigenvalue weighted by Crippen LogP contribution is 2.16. The van der Waals surface area contributed by atoms with Crippen molar-refractivity contribution in [1.82, 2.24) is 14.7 Å². The van der Waals surface area contributed by atoms with Crippen molar-refractivity contribution in [2.45, 2.75) is 52.5 Å². The van der Waals surface area contributed by atoms with E-state index >= 15 is 0 Å². The molecular formula is C12H22N4OS. The molecule has 1 amide bonds. The molecule has 0 fully saturated rings. The lowest BCUT2D eigenvalue weighted by molar-refractivity contribution is -0.121. The maximum Gasteiger partial charge on any atom is 0.221 e. The molecule has 0 aromatic carbocycles. The zero-order chi connectivity index (χ0) is 13.5. The molecular weight excluding hydrogens is 248 g/mol. The zero-order valence-corrected chi connectivity index (χ0v) is 12.3. The second kappa shape index (κ2) is 7.31. The molecule has 0 bridgehead atoms. The van der Waals surface area contributed by atoms with E-state index in [1.165, 1.54) is 11.5 Å². The Kier molecular flexibility index (Phi) is 6.04. The van der Waals surface area contributed by atoms with Crippen molar-refractivity contribution in [1.29, 1.82) is 0 Å². The van der Waals surface area contributed by atoms with Crippen molar-refractivity contribution >= 4 is 22.6 Å². The summed E-state index contributed by atoms with van der Waals surface area (Å²) in [6, 6.07) is 0.242. The van der Waals surface area contributed by atoms with Crippen LogP contribution in [-0.4, -0.2) is 27.9 Å². The molecule has 1 rings (SSSR count). The lowest BCUT2D eigenvalue weighted by Gasteiger charge is -2.11. The van der Waals surface area contributed by atoms with Gasteiger partial charge in [0.15, 0.2) is 0 Å². The Balaban J connectivity index is 2.26. The molecule has 18 heavy (non-hydrogen) atoms. The van der Waals surface area contributed by atoms with Crippen LogP contribution in [0, 0.1) is 0 Å². The molecule has 0 radical (unpaired) electrons. The van der Waals surface area contributed by atoms with Gasteiger partial charge in [0.25, 0.3) is 0 Å². The molecule has 0 aliphatic carbocycles. The first-order chi connectivity index (χ1) is 8.52. The van der Waals surface area contributed by atoms with Crippen LogP contribution in [0.2, 0.25) is 0 Å². The lowest BCUT2D eigenvalue weighted by Crippen LogP contribution is -2.32. The van der Waals surface area contributed by atoms with Gasteiger partial charge in [0.1, 0.15) is 5.82 Å². The van der Waals surface area contributed by atoms with Gasteiger partial charge in [-0.1, -0.05) is 20.8 Å². The molecule has 0 spiro atoms. The van der Waals surface area contributed by atoms with Gasteiger partial charge in [0.2, 0.25) is 11.0 Å². The summed E-state index contributed by atoms with van der Waals surface area (Å²) in [5.74, 6) is 1.27. The number of nitrogens with zero attached hydrogens (tertiary/aromatic N) is 2. The van der Waals surface area contributed by atoms with Gasteiger partial charge in [0.05, 0.1) is 0 Å². The van der Waals surface area contributed by atoms with E-state index in [2.05, 4.69) is 40.8 Å². The van der Waals surface area contributed by atoms with E-state index in [0.29, 0.717) is 18.9 Å². The summed E-state index contributed by atoms with van der Waals surface area (Å²) < 4.78 is 4.24. The first-order valence-corrected chi connectivity index (χ1v) is 7.17. The van der Waals surface area contributed by atoms with E-state index in [4.69, 9.17) is 0 Å². The minimum Gasteiger partial charge on any atom is -0.360 e. The van der Waals surface area contributed by atoms with E-state index in [9.17, 15) is 4.79 Å². The normalized spacial score (nSPS) is 12.5. The minimum atomic E-state index is 0.0745. The van der Waals surface area contributed by atoms with E-state index in [1.807, 2.05) is 6.92 Å². The summed E-state index contributed by atoms with van der Waals surface area (Å²) in [5, 5.41) is 6.84. The van der Waals surface area contributed by atoms with Gasteiger partial charge >= 0.3 is 0 Å². The van der Waals surface area contributed by atoms with Gasteiger partial charge in [-0.05, 0) is 13.3 Å². The van der Waals surface area contributed by atoms with Gasteiger partial charge < -0.3 is 10.6 Å². The number of amides is 1. The number of carbonyl (C=O) groups is 1. The Bertz CT molecular complexity index is 378. The number of hydrogen-bond acceptors (Lipinski definition) is 5. The first-order valence-electron chi connectivity index (χ1n) is 6.39. The fourth-order valence-electron chi connectivity index (χ4n) is 1.27. The smallest absolute Gasteiger partial charge is 0.221 e. The molecule has 1 atom stereocenters. The Labute approximate surface area is 113 Å². The lowest BCUT2D eigenvalue weighted by atomic mass is 10.2. The van der Waals surface area contributed by atoms with Crippen LogP contribution >= 0.6 is 11.5 Å². The average molecular weight is 270 g/mol. The van der Waals surface area contributed by atoms with E-state index in [1.54, 1.807) is 0 Å². The molecule has 0 aliphatic rings. The molecule has 6 heteroatoms. The first kappa shape index (κ1) is 14.9. The number of hydrogen-bond donors (Lipinski definition) is 2. The van der Waals surface area contributed by atoms with Gasteiger partial charge in [-0.3, -0.25) is 4.79 Å². The Hall–Kier alpha value is -1.17. The maximum absolute atomic E-state index is 11.5. The van der Waals surface area contributed by atoms with Gasteiger partial charge in [-0.15, -0.1) is 0 Å². The third-order valence-corrected chi connectivity index (χ3v) is 3.29. The molecule has 0 saturated carbocycles. The number of aromatic nitrogens is 2. The molecule has 1 unspecified atom stereocenters. The molecule has 102 valence electrons. The molecule has 1 heterocycles. The van der Waals surface area contributed by atoms with Crippen LogP contribution in [0.1, 0.15) is 52.3 Å². The fraction of sp³-hybridized carbons (Fsp3) is 0.750. The van der Waals surface area contributed by atoms with Crippen molar-refractivity contribution in [2.24, 2.45) is 0 Å². The van der Waals surface area contributed by atoms with Crippen molar-refractivity contribution in [3.8, 4) is 0 Å². The fourth-order valence-corrected chi connectivity index (χ4v) is 2.01. The molecule has 2 N–H and O–H groups in total. The SMILES string of the molecule is CCC(C)NC(=O)CCNc1nc(C(C)C)ns1. The quantitative estimate of drug-likeness (QED) is 0.798. The van der Waals surface area contributed by atoms with Crippen molar-refractivity contribution in [2.75, 3.05) is 11.9 Å². The summed E-state index contributed by atoms with van der Waals surface area (Å²) in [7, 11) is 0. The average Bonchev–Trinajstić information content (AvgIpc) is 2.77. The van der Waals surface area contributed by atoms with Gasteiger partial charge in [-0.2, -0.15) is 4.37 Å². The topological polar surface area (TPSA) is 66.9 Å². The third kappa shape index (κ3) is 5.00. The molecule has 0 saturated heterocycles. The minimum absolute atomic E-state index is 0.0745. The number of nitrogens with one attached hydrogen (secondary N) is 2. The van der Waals surface area contributed by atoms with Crippen molar-refractivity contribution in [3.63, 3.8) is 0 Å². The summed E-state index contributed by atoms with van der Waals surface area (Å²) in [5.41, 5.74) is 0. The number of rotatable bonds is 7. The number of carbonyl (C=O) groups excluding carboxylic acids is 1. The predicted molar refractivity (Wildman–Crippen MR) is 75.0 cm³/mol. The monoisotopic (exact) mass is 270 g/mol. The molecule has 5 nitrogen and oxygen atoms in total. The highest BCUT2D eigenvalue weighted by molar-refractivity contribution is 7.09. The molecule has 1 aromatic rings. The van der Waals surface area contributed by atoms with Crippen LogP contribution in [0.5, 0.6) is 0 Å². The second-order valence-corrected chi connectivity index (χ2v) is 5.42. The third-order valence-electron chi connectivity index (χ3n) is 2.61.